The van der Waals surface area contributed by atoms with Gasteiger partial charge in [-0.25, -0.2) is 0 Å². The van der Waals surface area contributed by atoms with E-state index in [4.69, 9.17) is 23.8 Å². The number of thiocarbonyl (C=S) groups is 1. The molecule has 0 bridgehead atoms. The Morgan fingerprint density at radius 2 is 2.00 bits per heavy atom. The molecule has 0 saturated carbocycles. The first-order chi connectivity index (χ1) is 12.9. The number of carbonyl (C=O) groups excluding carboxylic acids is 2. The van der Waals surface area contributed by atoms with Gasteiger partial charge in [0.15, 0.2) is 5.11 Å². The maximum absolute atomic E-state index is 12.7. The van der Waals surface area contributed by atoms with E-state index in [-0.39, 0.29) is 17.2 Å². The van der Waals surface area contributed by atoms with Crippen molar-refractivity contribution in [3.8, 4) is 0 Å². The van der Waals surface area contributed by atoms with E-state index in [1.165, 1.54) is 11.0 Å². The van der Waals surface area contributed by atoms with E-state index in [1.54, 1.807) is 29.1 Å². The highest BCUT2D eigenvalue weighted by Gasteiger charge is 2.33. The van der Waals surface area contributed by atoms with Gasteiger partial charge < -0.3 is 0 Å². The molecule has 1 aromatic heterocycles. The van der Waals surface area contributed by atoms with Crippen LogP contribution in [0, 0.1) is 0 Å². The van der Waals surface area contributed by atoms with Gasteiger partial charge in [-0.2, -0.15) is 5.10 Å². The lowest BCUT2D eigenvalue weighted by molar-refractivity contribution is -0.128. The van der Waals surface area contributed by atoms with Crippen LogP contribution in [0.2, 0.25) is 5.02 Å². The highest BCUT2D eigenvalue weighted by Crippen LogP contribution is 2.23. The Hall–Kier alpha value is -2.29. The molecule has 0 radical (unpaired) electrons. The van der Waals surface area contributed by atoms with Crippen LogP contribution in [0.4, 0.5) is 0 Å². The third kappa shape index (κ3) is 4.18. The molecule has 0 unspecified atom stereocenters. The summed E-state index contributed by atoms with van der Waals surface area (Å²) in [7, 11) is 0. The molecule has 1 aliphatic heterocycles. The number of halogens is 2. The minimum Gasteiger partial charge on any atom is -0.298 e. The molecule has 6 nitrogen and oxygen atoms in total. The van der Waals surface area contributed by atoms with E-state index in [2.05, 4.69) is 32.9 Å². The van der Waals surface area contributed by atoms with Gasteiger partial charge in [0.1, 0.15) is 5.57 Å². The molecule has 0 atom stereocenters. The molecular formula is C18H14BrClN4O2S. The normalized spacial score (nSPS) is 16.0. The molecule has 2 heterocycles. The predicted octanol–water partition coefficient (Wildman–Crippen LogP) is 3.16. The maximum atomic E-state index is 12.7. The SMILES string of the molecule is C=CCN1C(=O)/C(=C/c2c(Br)cnn2Cc2ccc(Cl)cc2)C(=O)NC1=S. The van der Waals surface area contributed by atoms with Crippen LogP contribution in [-0.2, 0) is 16.1 Å². The Morgan fingerprint density at radius 3 is 2.67 bits per heavy atom. The third-order valence-electron chi connectivity index (χ3n) is 3.86. The number of nitrogens with zero attached hydrogens (tertiary/aromatic N) is 3. The van der Waals surface area contributed by atoms with Crippen molar-refractivity contribution in [3.05, 3.63) is 69.4 Å². The van der Waals surface area contributed by atoms with Crippen LogP contribution < -0.4 is 5.32 Å². The van der Waals surface area contributed by atoms with Gasteiger partial charge in [-0.1, -0.05) is 29.8 Å². The number of nitrogens with one attached hydrogen (secondary N) is 1. The summed E-state index contributed by atoms with van der Waals surface area (Å²) >= 11 is 14.4. The van der Waals surface area contributed by atoms with E-state index in [0.717, 1.165) is 5.56 Å². The van der Waals surface area contributed by atoms with Crippen LogP contribution >= 0.6 is 39.7 Å². The Labute approximate surface area is 174 Å². The minimum atomic E-state index is -0.545. The molecule has 0 spiro atoms. The molecule has 1 saturated heterocycles. The summed E-state index contributed by atoms with van der Waals surface area (Å²) in [6, 6.07) is 7.36. The summed E-state index contributed by atoms with van der Waals surface area (Å²) in [5, 5.41) is 7.55. The predicted molar refractivity (Wildman–Crippen MR) is 111 cm³/mol. The second kappa shape index (κ2) is 8.16. The zero-order valence-corrected chi connectivity index (χ0v) is 17.1. The van der Waals surface area contributed by atoms with Crippen molar-refractivity contribution in [1.82, 2.24) is 20.0 Å². The largest absolute Gasteiger partial charge is 0.298 e. The lowest BCUT2D eigenvalue weighted by atomic mass is 10.1. The van der Waals surface area contributed by atoms with E-state index in [0.29, 0.717) is 21.7 Å². The average Bonchev–Trinajstić information content (AvgIpc) is 2.97. The van der Waals surface area contributed by atoms with Gasteiger partial charge in [0.05, 0.1) is 22.9 Å². The first-order valence-corrected chi connectivity index (χ1v) is 9.44. The molecular weight excluding hydrogens is 452 g/mol. The van der Waals surface area contributed by atoms with Crippen molar-refractivity contribution in [2.45, 2.75) is 6.54 Å². The fourth-order valence-electron chi connectivity index (χ4n) is 2.53. The topological polar surface area (TPSA) is 67.2 Å². The van der Waals surface area contributed by atoms with Crippen LogP contribution in [-0.4, -0.2) is 38.2 Å². The Morgan fingerprint density at radius 1 is 1.30 bits per heavy atom. The molecule has 1 aliphatic rings. The second-order valence-corrected chi connectivity index (χ2v) is 7.36. The molecule has 1 fully saturated rings. The van der Waals surface area contributed by atoms with Gasteiger partial charge in [-0.05, 0) is 51.9 Å². The quantitative estimate of drug-likeness (QED) is 0.319. The van der Waals surface area contributed by atoms with Gasteiger partial charge in [-0.3, -0.25) is 24.5 Å². The number of carbonyl (C=O) groups is 2. The molecule has 3 rings (SSSR count). The van der Waals surface area contributed by atoms with Crippen LogP contribution in [0.15, 0.2) is 53.2 Å². The number of hydrogen-bond acceptors (Lipinski definition) is 4. The Bertz CT molecular complexity index is 968. The van der Waals surface area contributed by atoms with Crippen molar-refractivity contribution in [2.24, 2.45) is 0 Å². The highest BCUT2D eigenvalue weighted by atomic mass is 79.9. The van der Waals surface area contributed by atoms with Gasteiger partial charge in [0, 0.05) is 11.6 Å². The number of benzene rings is 1. The zero-order chi connectivity index (χ0) is 19.6. The summed E-state index contributed by atoms with van der Waals surface area (Å²) in [6.45, 7) is 4.27. The van der Waals surface area contributed by atoms with Crippen molar-refractivity contribution in [1.29, 1.82) is 0 Å². The minimum absolute atomic E-state index is 0.0241. The fraction of sp³-hybridized carbons (Fsp3) is 0.111. The summed E-state index contributed by atoms with van der Waals surface area (Å²) in [5.41, 5.74) is 1.54. The Kier molecular flexibility index (Phi) is 5.88. The average molecular weight is 466 g/mol. The monoisotopic (exact) mass is 464 g/mol. The summed E-state index contributed by atoms with van der Waals surface area (Å²) in [5.74, 6) is -1.02. The zero-order valence-electron chi connectivity index (χ0n) is 14.0. The summed E-state index contributed by atoms with van der Waals surface area (Å²) < 4.78 is 2.35. The van der Waals surface area contributed by atoms with Gasteiger partial charge in [0.25, 0.3) is 11.8 Å². The summed E-state index contributed by atoms with van der Waals surface area (Å²) in [4.78, 5) is 26.3. The number of hydrogen-bond donors (Lipinski definition) is 1. The van der Waals surface area contributed by atoms with Crippen molar-refractivity contribution < 1.29 is 9.59 Å². The lowest BCUT2D eigenvalue weighted by Crippen LogP contribution is -2.53. The fourth-order valence-corrected chi connectivity index (χ4v) is 3.32. The van der Waals surface area contributed by atoms with Crippen molar-refractivity contribution in [3.63, 3.8) is 0 Å². The van der Waals surface area contributed by atoms with E-state index in [1.807, 2.05) is 12.1 Å². The van der Waals surface area contributed by atoms with E-state index in [9.17, 15) is 9.59 Å². The standard InChI is InChI=1S/C18H14BrClN4O2S/c1-2-7-23-17(26)13(16(25)22-18(23)27)8-15-14(19)9-21-24(15)10-11-3-5-12(20)6-4-11/h2-6,8-9H,1,7,10H2,(H,22,25,27)/b13-8+. The van der Waals surface area contributed by atoms with Gasteiger partial charge >= 0.3 is 0 Å². The number of rotatable bonds is 5. The molecule has 2 amide bonds. The van der Waals surface area contributed by atoms with Crippen molar-refractivity contribution in [2.75, 3.05) is 6.54 Å². The molecule has 1 aromatic carbocycles. The molecule has 9 heteroatoms. The molecule has 2 aromatic rings. The Balaban J connectivity index is 1.96. The smallest absolute Gasteiger partial charge is 0.266 e. The van der Waals surface area contributed by atoms with Crippen LogP contribution in [0.3, 0.4) is 0 Å². The molecule has 1 N–H and O–H groups in total. The highest BCUT2D eigenvalue weighted by molar-refractivity contribution is 9.10. The van der Waals surface area contributed by atoms with Crippen LogP contribution in [0.25, 0.3) is 6.08 Å². The second-order valence-electron chi connectivity index (χ2n) is 5.68. The van der Waals surface area contributed by atoms with E-state index < -0.39 is 11.8 Å². The van der Waals surface area contributed by atoms with Crippen molar-refractivity contribution >= 4 is 62.8 Å². The van der Waals surface area contributed by atoms with Gasteiger partial charge in [-0.15, -0.1) is 6.58 Å². The van der Waals surface area contributed by atoms with Crippen LogP contribution in [0.5, 0.6) is 0 Å². The lowest BCUT2D eigenvalue weighted by Gasteiger charge is -2.27. The summed E-state index contributed by atoms with van der Waals surface area (Å²) in [6.07, 6.45) is 4.65. The third-order valence-corrected chi connectivity index (χ3v) is 5.04. The number of aromatic nitrogens is 2. The number of amides is 2. The molecule has 0 aliphatic carbocycles. The first kappa shape index (κ1) is 19.5. The van der Waals surface area contributed by atoms with Gasteiger partial charge in [0.2, 0.25) is 0 Å². The van der Waals surface area contributed by atoms with Crippen LogP contribution in [0.1, 0.15) is 11.3 Å². The molecule has 138 valence electrons. The maximum Gasteiger partial charge on any atom is 0.266 e. The molecule has 27 heavy (non-hydrogen) atoms. The first-order valence-electron chi connectivity index (χ1n) is 7.86. The van der Waals surface area contributed by atoms with E-state index >= 15 is 0 Å².